The van der Waals surface area contributed by atoms with E-state index in [1.165, 1.54) is 33.3 Å². The molecule has 0 N–H and O–H groups in total. The molecule has 6 nitrogen and oxygen atoms in total. The van der Waals surface area contributed by atoms with Crippen molar-refractivity contribution in [3.63, 3.8) is 0 Å². The van der Waals surface area contributed by atoms with E-state index >= 15 is 0 Å². The molecule has 0 aliphatic carbocycles. The van der Waals surface area contributed by atoms with Crippen molar-refractivity contribution in [2.45, 2.75) is 44.7 Å². The number of carbonyl (C=O) groups is 1. The van der Waals surface area contributed by atoms with Gasteiger partial charge >= 0.3 is 6.09 Å². The molecule has 23 heavy (non-hydrogen) atoms. The molecule has 0 saturated carbocycles. The second-order valence-electron chi connectivity index (χ2n) is 5.96. The Kier molecular flexibility index (Phi) is 5.16. The fourth-order valence-corrected chi connectivity index (χ4v) is 2.62. The summed E-state index contributed by atoms with van der Waals surface area (Å²) in [5, 5.41) is 3.97. The molecule has 0 saturated heterocycles. The first-order valence-corrected chi connectivity index (χ1v) is 8.32. The van der Waals surface area contributed by atoms with Crippen LogP contribution in [0.4, 0.5) is 4.79 Å². The number of hydrogen-bond donors (Lipinski definition) is 1. The van der Waals surface area contributed by atoms with Gasteiger partial charge in [-0.1, -0.05) is 0 Å². The van der Waals surface area contributed by atoms with Crippen LogP contribution in [-0.4, -0.2) is 21.4 Å². The maximum atomic E-state index is 12.5. The number of thiol groups is 1. The van der Waals surface area contributed by atoms with Gasteiger partial charge in [-0.3, -0.25) is 4.79 Å². The van der Waals surface area contributed by atoms with Crippen molar-refractivity contribution in [3.05, 3.63) is 44.8 Å². The maximum Gasteiger partial charge on any atom is 0.430 e. The van der Waals surface area contributed by atoms with Crippen LogP contribution >= 0.6 is 24.0 Å². The van der Waals surface area contributed by atoms with Crippen molar-refractivity contribution in [3.8, 4) is 0 Å². The average molecular weight is 353 g/mol. The smallest absolute Gasteiger partial charge is 0.430 e. The molecule has 2 heterocycles. The Morgan fingerprint density at radius 3 is 2.70 bits per heavy atom. The van der Waals surface area contributed by atoms with Crippen LogP contribution < -0.4 is 10.6 Å². The van der Waals surface area contributed by atoms with Gasteiger partial charge in [0, 0.05) is 22.5 Å². The first-order valence-electron chi connectivity index (χ1n) is 6.99. The molecule has 0 bridgehead atoms. The molecule has 0 aromatic carbocycles. The van der Waals surface area contributed by atoms with Crippen LogP contribution in [0, 0.1) is 6.92 Å². The minimum absolute atomic E-state index is 0.144. The van der Waals surface area contributed by atoms with Gasteiger partial charge in [0.1, 0.15) is 5.60 Å². The molecule has 0 aliphatic rings. The molecular formula is C15H19N3O3S2. The zero-order valence-corrected chi connectivity index (χ0v) is 15.1. The molecule has 2 aromatic heterocycles. The number of nitrogens with zero attached hydrogens (tertiary/aromatic N) is 3. The van der Waals surface area contributed by atoms with Gasteiger partial charge in [0.25, 0.3) is 5.56 Å². The second-order valence-corrected chi connectivity index (χ2v) is 7.54. The number of aromatic nitrogens is 2. The number of amides is 1. The number of carbonyl (C=O) groups excluding carboxylic acids is 1. The Balaban J connectivity index is 2.37. The zero-order valence-electron chi connectivity index (χ0n) is 13.4. The van der Waals surface area contributed by atoms with E-state index in [0.717, 1.165) is 5.01 Å². The molecule has 0 fully saturated rings. The van der Waals surface area contributed by atoms with E-state index in [1.54, 1.807) is 26.8 Å². The first kappa shape index (κ1) is 17.6. The molecule has 0 radical (unpaired) electrons. The normalized spacial score (nSPS) is 11.3. The van der Waals surface area contributed by atoms with Gasteiger partial charge in [-0.25, -0.2) is 19.5 Å². The molecule has 8 heteroatoms. The van der Waals surface area contributed by atoms with E-state index in [0.29, 0.717) is 10.6 Å². The van der Waals surface area contributed by atoms with E-state index < -0.39 is 11.7 Å². The van der Waals surface area contributed by atoms with Crippen molar-refractivity contribution in [2.24, 2.45) is 0 Å². The Bertz CT molecular complexity index is 762. The molecule has 0 aliphatic heterocycles. The summed E-state index contributed by atoms with van der Waals surface area (Å²) < 4.78 is 6.61. The molecule has 2 rings (SSSR count). The van der Waals surface area contributed by atoms with Crippen molar-refractivity contribution >= 4 is 30.1 Å². The summed E-state index contributed by atoms with van der Waals surface area (Å²) in [6.07, 6.45) is 0.880. The van der Waals surface area contributed by atoms with Gasteiger partial charge in [-0.05, 0) is 33.8 Å². The van der Waals surface area contributed by atoms with Gasteiger partial charge in [-0.2, -0.15) is 0 Å². The lowest BCUT2D eigenvalue weighted by Gasteiger charge is -2.27. The number of thiazole rings is 1. The topological polar surface area (TPSA) is 64.4 Å². The third kappa shape index (κ3) is 4.84. The lowest BCUT2D eigenvalue weighted by Crippen LogP contribution is -2.47. The van der Waals surface area contributed by atoms with E-state index in [9.17, 15) is 9.59 Å². The molecule has 0 unspecified atom stereocenters. The molecule has 0 spiro atoms. The number of hydrogen-bond acceptors (Lipinski definition) is 6. The van der Waals surface area contributed by atoms with Gasteiger partial charge < -0.3 is 4.74 Å². The summed E-state index contributed by atoms with van der Waals surface area (Å²) in [5.41, 5.74) is -0.337. The van der Waals surface area contributed by atoms with Crippen LogP contribution in [0.3, 0.4) is 0 Å². The largest absolute Gasteiger partial charge is 0.442 e. The third-order valence-corrected chi connectivity index (χ3v) is 3.83. The van der Waals surface area contributed by atoms with Crippen LogP contribution in [-0.2, 0) is 11.3 Å². The standard InChI is InChI=1S/C15H19N3O3S2/c1-10-16-11(9-23-10)8-18(14(20)21-15(2,3)4)17-6-5-12(22)7-13(17)19/h5-7,9,22H,8H2,1-4H3. The minimum atomic E-state index is -0.666. The van der Waals surface area contributed by atoms with Gasteiger partial charge in [-0.15, -0.1) is 24.0 Å². The average Bonchev–Trinajstić information content (AvgIpc) is 2.80. The Labute approximate surface area is 144 Å². The molecule has 0 atom stereocenters. The second kappa shape index (κ2) is 6.76. The lowest BCUT2D eigenvalue weighted by atomic mass is 10.2. The highest BCUT2D eigenvalue weighted by atomic mass is 32.1. The summed E-state index contributed by atoms with van der Waals surface area (Å²) in [4.78, 5) is 29.6. The van der Waals surface area contributed by atoms with Crippen LogP contribution in [0.1, 0.15) is 31.5 Å². The monoisotopic (exact) mass is 353 g/mol. The fraction of sp³-hybridized carbons (Fsp3) is 0.400. The summed E-state index contributed by atoms with van der Waals surface area (Å²) >= 11 is 5.62. The van der Waals surface area contributed by atoms with E-state index in [1.807, 2.05) is 12.3 Å². The summed E-state index contributed by atoms with van der Waals surface area (Å²) in [5.74, 6) is 0. The van der Waals surface area contributed by atoms with Crippen LogP contribution in [0.5, 0.6) is 0 Å². The summed E-state index contributed by atoms with van der Waals surface area (Å²) in [6, 6.07) is 2.97. The maximum absolute atomic E-state index is 12.5. The quantitative estimate of drug-likeness (QED) is 0.862. The van der Waals surface area contributed by atoms with E-state index in [2.05, 4.69) is 17.6 Å². The fourth-order valence-electron chi connectivity index (χ4n) is 1.84. The number of pyridine rings is 1. The van der Waals surface area contributed by atoms with Crippen LogP contribution in [0.15, 0.2) is 33.4 Å². The zero-order chi connectivity index (χ0) is 17.2. The van der Waals surface area contributed by atoms with E-state index in [4.69, 9.17) is 4.74 Å². The minimum Gasteiger partial charge on any atom is -0.442 e. The highest BCUT2D eigenvalue weighted by Gasteiger charge is 2.25. The Morgan fingerprint density at radius 1 is 1.48 bits per heavy atom. The lowest BCUT2D eigenvalue weighted by molar-refractivity contribution is 0.0531. The van der Waals surface area contributed by atoms with Crippen molar-refractivity contribution in [2.75, 3.05) is 5.01 Å². The van der Waals surface area contributed by atoms with Crippen molar-refractivity contribution in [1.82, 2.24) is 9.66 Å². The van der Waals surface area contributed by atoms with Gasteiger partial charge in [0.2, 0.25) is 0 Å². The predicted octanol–water partition coefficient (Wildman–Crippen LogP) is 2.98. The molecular weight excluding hydrogens is 334 g/mol. The van der Waals surface area contributed by atoms with E-state index in [-0.39, 0.29) is 12.1 Å². The highest BCUT2D eigenvalue weighted by molar-refractivity contribution is 7.80. The number of rotatable bonds is 3. The summed E-state index contributed by atoms with van der Waals surface area (Å²) in [7, 11) is 0. The molecule has 1 amide bonds. The summed E-state index contributed by atoms with van der Waals surface area (Å²) in [6.45, 7) is 7.35. The predicted molar refractivity (Wildman–Crippen MR) is 93.0 cm³/mol. The highest BCUT2D eigenvalue weighted by Crippen LogP contribution is 2.14. The number of aryl methyl sites for hydroxylation is 1. The SMILES string of the molecule is Cc1nc(CN(C(=O)OC(C)(C)C)n2ccc(S)cc2=O)cs1. The molecule has 124 valence electrons. The Morgan fingerprint density at radius 2 is 2.17 bits per heavy atom. The van der Waals surface area contributed by atoms with Crippen LogP contribution in [0.25, 0.3) is 0 Å². The van der Waals surface area contributed by atoms with Crippen LogP contribution in [0.2, 0.25) is 0 Å². The van der Waals surface area contributed by atoms with Gasteiger partial charge in [0.15, 0.2) is 0 Å². The van der Waals surface area contributed by atoms with Crippen molar-refractivity contribution in [1.29, 1.82) is 0 Å². The van der Waals surface area contributed by atoms with Gasteiger partial charge in [0.05, 0.1) is 17.2 Å². The third-order valence-electron chi connectivity index (χ3n) is 2.73. The first-order chi connectivity index (χ1) is 10.7. The number of ether oxygens (including phenoxy) is 1. The Hall–Kier alpha value is -1.80. The molecule has 2 aromatic rings. The van der Waals surface area contributed by atoms with Crippen molar-refractivity contribution < 1.29 is 9.53 Å².